The van der Waals surface area contributed by atoms with Gasteiger partial charge in [-0.1, -0.05) is 18.2 Å². The highest BCUT2D eigenvalue weighted by atomic mass is 19.1. The SMILES string of the molecule is Cc1ccc(NC(=O)c2ccc(CCN)cc2)c(F)c1. The van der Waals surface area contributed by atoms with Crippen molar-refractivity contribution in [1.29, 1.82) is 0 Å². The summed E-state index contributed by atoms with van der Waals surface area (Å²) >= 11 is 0. The topological polar surface area (TPSA) is 55.1 Å². The summed E-state index contributed by atoms with van der Waals surface area (Å²) in [5.74, 6) is -0.759. The summed E-state index contributed by atoms with van der Waals surface area (Å²) in [4.78, 5) is 12.0. The second kappa shape index (κ2) is 6.30. The van der Waals surface area contributed by atoms with E-state index < -0.39 is 5.82 Å². The van der Waals surface area contributed by atoms with E-state index >= 15 is 0 Å². The summed E-state index contributed by atoms with van der Waals surface area (Å²) in [5, 5.41) is 2.57. The molecule has 0 heterocycles. The van der Waals surface area contributed by atoms with E-state index in [0.29, 0.717) is 12.1 Å². The first-order valence-electron chi connectivity index (χ1n) is 6.46. The Labute approximate surface area is 117 Å². The van der Waals surface area contributed by atoms with Crippen LogP contribution in [0.1, 0.15) is 21.5 Å². The third-order valence-corrected chi connectivity index (χ3v) is 3.02. The van der Waals surface area contributed by atoms with Gasteiger partial charge in [0, 0.05) is 5.56 Å². The summed E-state index contributed by atoms with van der Waals surface area (Å²) in [6.07, 6.45) is 0.772. The maximum Gasteiger partial charge on any atom is 0.255 e. The third kappa shape index (κ3) is 3.42. The Morgan fingerprint density at radius 3 is 2.50 bits per heavy atom. The number of halogens is 1. The van der Waals surface area contributed by atoms with Gasteiger partial charge in [0.25, 0.3) is 5.91 Å². The third-order valence-electron chi connectivity index (χ3n) is 3.02. The molecule has 0 unspecified atom stereocenters. The number of carbonyl (C=O) groups is 1. The number of anilines is 1. The largest absolute Gasteiger partial charge is 0.330 e. The van der Waals surface area contributed by atoms with Crippen LogP contribution in [0.2, 0.25) is 0 Å². The molecule has 3 N–H and O–H groups in total. The summed E-state index contributed by atoms with van der Waals surface area (Å²) in [6.45, 7) is 2.37. The molecule has 2 rings (SSSR count). The van der Waals surface area contributed by atoms with Crippen LogP contribution in [-0.2, 0) is 6.42 Å². The molecule has 0 aromatic heterocycles. The van der Waals surface area contributed by atoms with E-state index in [-0.39, 0.29) is 11.6 Å². The minimum absolute atomic E-state index is 0.187. The summed E-state index contributed by atoms with van der Waals surface area (Å²) < 4.78 is 13.7. The molecule has 4 heteroatoms. The van der Waals surface area contributed by atoms with Gasteiger partial charge in [0.1, 0.15) is 5.82 Å². The number of rotatable bonds is 4. The Hall–Kier alpha value is -2.20. The molecular formula is C16H17FN2O. The van der Waals surface area contributed by atoms with Crippen LogP contribution in [0.5, 0.6) is 0 Å². The highest BCUT2D eigenvalue weighted by molar-refractivity contribution is 6.04. The van der Waals surface area contributed by atoms with Gasteiger partial charge in [0.2, 0.25) is 0 Å². The van der Waals surface area contributed by atoms with Crippen LogP contribution in [0.4, 0.5) is 10.1 Å². The monoisotopic (exact) mass is 272 g/mol. The van der Waals surface area contributed by atoms with Crippen LogP contribution < -0.4 is 11.1 Å². The van der Waals surface area contributed by atoms with Crippen molar-refractivity contribution in [3.05, 3.63) is 65.0 Å². The van der Waals surface area contributed by atoms with Crippen LogP contribution in [0.15, 0.2) is 42.5 Å². The van der Waals surface area contributed by atoms with Crippen LogP contribution in [-0.4, -0.2) is 12.5 Å². The van der Waals surface area contributed by atoms with Gasteiger partial charge in [-0.05, 0) is 55.3 Å². The molecule has 0 saturated heterocycles. The van der Waals surface area contributed by atoms with Crippen molar-refractivity contribution in [3.63, 3.8) is 0 Å². The molecule has 0 aliphatic heterocycles. The predicted octanol–water partition coefficient (Wildman–Crippen LogP) is 2.89. The molecule has 2 aromatic carbocycles. The van der Waals surface area contributed by atoms with Crippen molar-refractivity contribution in [2.75, 3.05) is 11.9 Å². The van der Waals surface area contributed by atoms with Gasteiger partial charge in [-0.3, -0.25) is 4.79 Å². The van der Waals surface area contributed by atoms with E-state index in [4.69, 9.17) is 5.73 Å². The summed E-state index contributed by atoms with van der Waals surface area (Å²) in [5.41, 5.74) is 8.03. The standard InChI is InChI=1S/C16H17FN2O/c1-11-2-7-15(14(17)10-11)19-16(20)13-5-3-12(4-6-13)8-9-18/h2-7,10H,8-9,18H2,1H3,(H,19,20). The lowest BCUT2D eigenvalue weighted by Gasteiger charge is -2.07. The minimum atomic E-state index is -0.432. The van der Waals surface area contributed by atoms with Crippen LogP contribution in [0, 0.1) is 12.7 Å². The highest BCUT2D eigenvalue weighted by Crippen LogP contribution is 2.16. The van der Waals surface area contributed by atoms with Gasteiger partial charge in [0.15, 0.2) is 0 Å². The fourth-order valence-corrected chi connectivity index (χ4v) is 1.91. The predicted molar refractivity (Wildman–Crippen MR) is 78.3 cm³/mol. The van der Waals surface area contributed by atoms with E-state index in [1.54, 1.807) is 31.2 Å². The van der Waals surface area contributed by atoms with Crippen molar-refractivity contribution in [2.24, 2.45) is 5.73 Å². The molecule has 2 aromatic rings. The normalized spacial score (nSPS) is 10.3. The van der Waals surface area contributed by atoms with Crippen LogP contribution >= 0.6 is 0 Å². The molecule has 3 nitrogen and oxygen atoms in total. The molecule has 1 amide bonds. The Morgan fingerprint density at radius 1 is 1.20 bits per heavy atom. The van der Waals surface area contributed by atoms with Gasteiger partial charge >= 0.3 is 0 Å². The van der Waals surface area contributed by atoms with Crippen molar-refractivity contribution in [3.8, 4) is 0 Å². The summed E-state index contributed by atoms with van der Waals surface area (Å²) in [7, 11) is 0. The number of aryl methyl sites for hydroxylation is 1. The number of nitrogens with two attached hydrogens (primary N) is 1. The van der Waals surface area contributed by atoms with Crippen molar-refractivity contribution < 1.29 is 9.18 Å². The van der Waals surface area contributed by atoms with Crippen molar-refractivity contribution in [2.45, 2.75) is 13.3 Å². The molecule has 0 atom stereocenters. The average Bonchev–Trinajstić information content (AvgIpc) is 2.43. The molecule has 104 valence electrons. The van der Waals surface area contributed by atoms with Crippen molar-refractivity contribution >= 4 is 11.6 Å². The number of carbonyl (C=O) groups excluding carboxylic acids is 1. The van der Waals surface area contributed by atoms with Gasteiger partial charge in [-0.15, -0.1) is 0 Å². The number of hydrogen-bond acceptors (Lipinski definition) is 2. The first-order chi connectivity index (χ1) is 9.60. The van der Waals surface area contributed by atoms with Crippen LogP contribution in [0.25, 0.3) is 0 Å². The Bertz CT molecular complexity index is 608. The van der Waals surface area contributed by atoms with Gasteiger partial charge in [-0.25, -0.2) is 4.39 Å². The fraction of sp³-hybridized carbons (Fsp3) is 0.188. The number of amides is 1. The maximum absolute atomic E-state index is 13.7. The Morgan fingerprint density at radius 2 is 1.90 bits per heavy atom. The lowest BCUT2D eigenvalue weighted by Crippen LogP contribution is -2.13. The molecule has 0 radical (unpaired) electrons. The van der Waals surface area contributed by atoms with Gasteiger partial charge in [0.05, 0.1) is 5.69 Å². The number of benzene rings is 2. The highest BCUT2D eigenvalue weighted by Gasteiger charge is 2.09. The zero-order chi connectivity index (χ0) is 14.5. The van der Waals surface area contributed by atoms with E-state index in [9.17, 15) is 9.18 Å². The molecule has 0 bridgehead atoms. The molecule has 0 spiro atoms. The zero-order valence-electron chi connectivity index (χ0n) is 11.3. The smallest absolute Gasteiger partial charge is 0.255 e. The van der Waals surface area contributed by atoms with E-state index in [0.717, 1.165) is 17.5 Å². The van der Waals surface area contributed by atoms with Gasteiger partial charge in [-0.2, -0.15) is 0 Å². The second-order valence-electron chi connectivity index (χ2n) is 4.67. The lowest BCUT2D eigenvalue weighted by atomic mass is 10.1. The quantitative estimate of drug-likeness (QED) is 0.899. The molecular weight excluding hydrogens is 255 g/mol. The van der Waals surface area contributed by atoms with Crippen LogP contribution in [0.3, 0.4) is 0 Å². The Kier molecular flexibility index (Phi) is 4.48. The maximum atomic E-state index is 13.7. The van der Waals surface area contributed by atoms with Gasteiger partial charge < -0.3 is 11.1 Å². The van der Waals surface area contributed by atoms with E-state index in [2.05, 4.69) is 5.32 Å². The minimum Gasteiger partial charge on any atom is -0.330 e. The molecule has 0 aliphatic rings. The van der Waals surface area contributed by atoms with E-state index in [1.165, 1.54) is 6.07 Å². The molecule has 0 fully saturated rings. The van der Waals surface area contributed by atoms with Crippen molar-refractivity contribution in [1.82, 2.24) is 0 Å². The molecule has 0 saturated carbocycles. The Balaban J connectivity index is 2.11. The van der Waals surface area contributed by atoms with E-state index in [1.807, 2.05) is 12.1 Å². The lowest BCUT2D eigenvalue weighted by molar-refractivity contribution is 0.102. The number of nitrogens with one attached hydrogen (secondary N) is 1. The second-order valence-corrected chi connectivity index (χ2v) is 4.67. The average molecular weight is 272 g/mol. The first-order valence-corrected chi connectivity index (χ1v) is 6.46. The summed E-state index contributed by atoms with van der Waals surface area (Å²) in [6, 6.07) is 11.8. The molecule has 20 heavy (non-hydrogen) atoms. The zero-order valence-corrected chi connectivity index (χ0v) is 11.3. The molecule has 0 aliphatic carbocycles. The first kappa shape index (κ1) is 14.2. The number of hydrogen-bond donors (Lipinski definition) is 2. The fourth-order valence-electron chi connectivity index (χ4n) is 1.91.